The standard InChI is InChI=1S/C7H7N5/c8-4-5-1-2-7(11-12-10)6(9)3-5/h1-3H,9H2,(H2,10,11). The Hall–Kier alpha value is -2.09. The van der Waals surface area contributed by atoms with Crippen molar-refractivity contribution in [2.24, 2.45) is 16.2 Å². The van der Waals surface area contributed by atoms with Crippen LogP contribution in [0.1, 0.15) is 5.56 Å². The van der Waals surface area contributed by atoms with Crippen LogP contribution in [-0.2, 0) is 0 Å². The Labute approximate surface area is 69.3 Å². The minimum absolute atomic E-state index is 0.392. The van der Waals surface area contributed by atoms with Crippen LogP contribution in [0.4, 0.5) is 11.4 Å². The highest BCUT2D eigenvalue weighted by molar-refractivity contribution is 5.64. The molecule has 0 saturated carbocycles. The molecule has 0 aliphatic carbocycles. The molecule has 0 aliphatic heterocycles. The van der Waals surface area contributed by atoms with Crippen molar-refractivity contribution in [2.45, 2.75) is 0 Å². The Morgan fingerprint density at radius 2 is 2.17 bits per heavy atom. The van der Waals surface area contributed by atoms with E-state index in [1.54, 1.807) is 12.1 Å². The summed E-state index contributed by atoms with van der Waals surface area (Å²) < 4.78 is 0. The molecule has 0 heterocycles. The summed E-state index contributed by atoms with van der Waals surface area (Å²) in [5.74, 6) is 4.84. The van der Waals surface area contributed by atoms with Crippen LogP contribution in [0.5, 0.6) is 0 Å². The molecule has 1 rings (SSSR count). The highest BCUT2D eigenvalue weighted by Crippen LogP contribution is 2.22. The van der Waals surface area contributed by atoms with Gasteiger partial charge in [0.05, 0.1) is 17.3 Å². The molecule has 0 amide bonds. The van der Waals surface area contributed by atoms with E-state index in [2.05, 4.69) is 10.3 Å². The fraction of sp³-hybridized carbons (Fsp3) is 0. The van der Waals surface area contributed by atoms with E-state index in [9.17, 15) is 0 Å². The number of hydrogen-bond acceptors (Lipinski definition) is 4. The van der Waals surface area contributed by atoms with Crippen molar-refractivity contribution >= 4 is 11.4 Å². The Morgan fingerprint density at radius 3 is 2.67 bits per heavy atom. The van der Waals surface area contributed by atoms with E-state index in [1.165, 1.54) is 6.07 Å². The summed E-state index contributed by atoms with van der Waals surface area (Å²) in [7, 11) is 0. The maximum Gasteiger partial charge on any atom is 0.110 e. The lowest BCUT2D eigenvalue weighted by atomic mass is 10.2. The number of rotatable bonds is 1. The highest BCUT2D eigenvalue weighted by Gasteiger charge is 1.98. The molecule has 0 aromatic heterocycles. The van der Waals surface area contributed by atoms with Crippen molar-refractivity contribution in [1.82, 2.24) is 0 Å². The summed E-state index contributed by atoms with van der Waals surface area (Å²) in [5.41, 5.74) is 6.87. The van der Waals surface area contributed by atoms with Gasteiger partial charge in [-0.25, -0.2) is 0 Å². The monoisotopic (exact) mass is 161 g/mol. The fourth-order valence-electron chi connectivity index (χ4n) is 0.777. The molecule has 0 spiro atoms. The van der Waals surface area contributed by atoms with Crippen LogP contribution in [0.15, 0.2) is 28.5 Å². The van der Waals surface area contributed by atoms with E-state index in [0.29, 0.717) is 16.9 Å². The Kier molecular flexibility index (Phi) is 2.23. The molecule has 4 N–H and O–H groups in total. The lowest BCUT2D eigenvalue weighted by molar-refractivity contribution is 1.06. The van der Waals surface area contributed by atoms with Gasteiger partial charge in [-0.2, -0.15) is 5.26 Å². The van der Waals surface area contributed by atoms with Crippen molar-refractivity contribution in [3.63, 3.8) is 0 Å². The first kappa shape index (κ1) is 8.01. The zero-order valence-electron chi connectivity index (χ0n) is 6.23. The average molecular weight is 161 g/mol. The number of anilines is 1. The number of nitrogens with zero attached hydrogens (tertiary/aromatic N) is 3. The largest absolute Gasteiger partial charge is 0.397 e. The van der Waals surface area contributed by atoms with Crippen molar-refractivity contribution in [3.8, 4) is 6.07 Å². The molecule has 1 aromatic rings. The van der Waals surface area contributed by atoms with E-state index in [-0.39, 0.29) is 0 Å². The predicted molar refractivity (Wildman–Crippen MR) is 44.3 cm³/mol. The Bertz CT molecular complexity index is 349. The minimum atomic E-state index is 0.392. The van der Waals surface area contributed by atoms with Crippen molar-refractivity contribution in [2.75, 3.05) is 5.73 Å². The lowest BCUT2D eigenvalue weighted by Gasteiger charge is -1.96. The van der Waals surface area contributed by atoms with Crippen molar-refractivity contribution in [1.29, 1.82) is 5.26 Å². The lowest BCUT2D eigenvalue weighted by Crippen LogP contribution is -1.87. The van der Waals surface area contributed by atoms with E-state index < -0.39 is 0 Å². The van der Waals surface area contributed by atoms with Gasteiger partial charge in [0.2, 0.25) is 0 Å². The Morgan fingerprint density at radius 1 is 1.42 bits per heavy atom. The number of hydrogen-bond donors (Lipinski definition) is 2. The molecular weight excluding hydrogens is 154 g/mol. The zero-order chi connectivity index (χ0) is 8.97. The summed E-state index contributed by atoms with van der Waals surface area (Å²) in [4.78, 5) is 0. The van der Waals surface area contributed by atoms with Gasteiger partial charge in [-0.15, -0.1) is 5.11 Å². The molecule has 0 fully saturated rings. The van der Waals surface area contributed by atoms with Crippen molar-refractivity contribution in [3.05, 3.63) is 23.8 Å². The summed E-state index contributed by atoms with van der Waals surface area (Å²) in [6, 6.07) is 6.66. The van der Waals surface area contributed by atoms with E-state index in [4.69, 9.17) is 16.8 Å². The van der Waals surface area contributed by atoms with E-state index >= 15 is 0 Å². The molecule has 0 saturated heterocycles. The van der Waals surface area contributed by atoms with Gasteiger partial charge < -0.3 is 11.6 Å². The number of nitriles is 1. The second-order valence-electron chi connectivity index (χ2n) is 2.10. The van der Waals surface area contributed by atoms with Crippen LogP contribution in [0.3, 0.4) is 0 Å². The smallest absolute Gasteiger partial charge is 0.110 e. The third-order valence-electron chi connectivity index (χ3n) is 1.32. The Balaban J connectivity index is 3.14. The van der Waals surface area contributed by atoms with Crippen LogP contribution in [0.2, 0.25) is 0 Å². The van der Waals surface area contributed by atoms with Crippen LogP contribution < -0.4 is 11.6 Å². The summed E-state index contributed by atoms with van der Waals surface area (Å²) in [6.45, 7) is 0. The molecule has 5 nitrogen and oxygen atoms in total. The average Bonchev–Trinajstić information content (AvgIpc) is 2.09. The molecule has 1 aromatic carbocycles. The second-order valence-corrected chi connectivity index (χ2v) is 2.10. The van der Waals surface area contributed by atoms with E-state index in [0.717, 1.165) is 0 Å². The molecule has 12 heavy (non-hydrogen) atoms. The maximum atomic E-state index is 8.50. The van der Waals surface area contributed by atoms with Gasteiger partial charge in [0, 0.05) is 0 Å². The molecule has 0 atom stereocenters. The zero-order valence-corrected chi connectivity index (χ0v) is 6.23. The molecule has 0 unspecified atom stereocenters. The topological polar surface area (TPSA) is 101 Å². The molecule has 60 valence electrons. The van der Waals surface area contributed by atoms with Gasteiger partial charge in [-0.05, 0) is 18.2 Å². The number of benzene rings is 1. The molecular formula is C7H7N5. The van der Waals surface area contributed by atoms with E-state index in [1.807, 2.05) is 6.07 Å². The van der Waals surface area contributed by atoms with Crippen LogP contribution in [-0.4, -0.2) is 0 Å². The fourth-order valence-corrected chi connectivity index (χ4v) is 0.777. The van der Waals surface area contributed by atoms with Gasteiger partial charge in [0.15, 0.2) is 0 Å². The summed E-state index contributed by atoms with van der Waals surface area (Å²) in [6.07, 6.45) is 0. The van der Waals surface area contributed by atoms with Crippen LogP contribution in [0.25, 0.3) is 0 Å². The van der Waals surface area contributed by atoms with Gasteiger partial charge in [-0.1, -0.05) is 5.22 Å². The minimum Gasteiger partial charge on any atom is -0.397 e. The van der Waals surface area contributed by atoms with Crippen LogP contribution >= 0.6 is 0 Å². The maximum absolute atomic E-state index is 8.50. The van der Waals surface area contributed by atoms with Gasteiger partial charge in [-0.3, -0.25) is 0 Å². The number of nitrogens with two attached hydrogens (primary N) is 2. The first-order valence-corrected chi connectivity index (χ1v) is 3.18. The number of nitrogen functional groups attached to an aromatic ring is 1. The first-order valence-electron chi connectivity index (χ1n) is 3.18. The van der Waals surface area contributed by atoms with Gasteiger partial charge in [0.25, 0.3) is 0 Å². The SMILES string of the molecule is N#Cc1ccc(N=NN)c(N)c1. The predicted octanol–water partition coefficient (Wildman–Crippen LogP) is 1.10. The molecule has 5 heteroatoms. The quantitative estimate of drug-likeness (QED) is 0.279. The summed E-state index contributed by atoms with van der Waals surface area (Å²) in [5, 5.41) is 15.1. The first-order chi connectivity index (χ1) is 5.77. The normalized spacial score (nSPS) is 9.92. The third kappa shape index (κ3) is 1.49. The molecule has 0 bridgehead atoms. The molecule has 0 aliphatic rings. The second kappa shape index (κ2) is 3.34. The van der Waals surface area contributed by atoms with Gasteiger partial charge in [0.1, 0.15) is 5.69 Å². The summed E-state index contributed by atoms with van der Waals surface area (Å²) >= 11 is 0. The molecule has 0 radical (unpaired) electrons. The van der Waals surface area contributed by atoms with Crippen LogP contribution in [0, 0.1) is 11.3 Å². The van der Waals surface area contributed by atoms with Crippen molar-refractivity contribution < 1.29 is 0 Å². The third-order valence-corrected chi connectivity index (χ3v) is 1.32. The highest BCUT2D eigenvalue weighted by atomic mass is 15.3. The van der Waals surface area contributed by atoms with Gasteiger partial charge >= 0.3 is 0 Å².